The molecule has 10 nitrogen and oxygen atoms in total. The van der Waals surface area contributed by atoms with E-state index in [1.807, 2.05) is 42.1 Å². The molecular weight excluding hydrogens is 544 g/mol. The van der Waals surface area contributed by atoms with Crippen molar-refractivity contribution < 1.29 is 29.0 Å². The second-order valence-corrected chi connectivity index (χ2v) is 12.0. The SMILES string of the molecule is O=CN1CCc2c([nH]c3ccc(O)cc23)C1c1ccc(OCCOC(=O)CCCCC2SCC3NC(=O)NC32)cc1. The van der Waals surface area contributed by atoms with Gasteiger partial charge < -0.3 is 35.1 Å². The van der Waals surface area contributed by atoms with Crippen LogP contribution in [0.1, 0.15) is 48.5 Å². The summed E-state index contributed by atoms with van der Waals surface area (Å²) < 4.78 is 11.1. The standard InChI is InChI=1S/C30H34N4O6S/c35-17-34-12-11-21-22-15-19(36)7-10-23(22)31-27(21)29(34)18-5-8-20(9-6-18)39-13-14-40-26(37)4-2-1-3-25-28-24(16-41-25)32-30(38)33-28/h5-10,15,17,24-25,28-29,31,36H,1-4,11-14,16H2,(H2,32,33,38). The predicted octanol–water partition coefficient (Wildman–Crippen LogP) is 3.63. The van der Waals surface area contributed by atoms with Crippen LogP contribution >= 0.6 is 11.8 Å². The van der Waals surface area contributed by atoms with Crippen LogP contribution < -0.4 is 15.4 Å². The average Bonchev–Trinajstić information content (AvgIpc) is 3.65. The number of carbonyl (C=O) groups is 3. The second kappa shape index (κ2) is 11.9. The van der Waals surface area contributed by atoms with E-state index in [9.17, 15) is 19.5 Å². The first-order valence-electron chi connectivity index (χ1n) is 14.1. The molecule has 3 amide bonds. The molecule has 4 atom stereocenters. The minimum absolute atomic E-state index is 0.0766. The Morgan fingerprint density at radius 1 is 1.12 bits per heavy atom. The highest BCUT2D eigenvalue weighted by Crippen LogP contribution is 2.39. The maximum absolute atomic E-state index is 12.1. The van der Waals surface area contributed by atoms with E-state index in [1.54, 1.807) is 17.0 Å². The number of ether oxygens (including phenoxy) is 2. The molecule has 0 radical (unpaired) electrons. The van der Waals surface area contributed by atoms with E-state index in [0.717, 1.165) is 59.1 Å². The molecule has 0 aliphatic carbocycles. The third-order valence-corrected chi connectivity index (χ3v) is 9.66. The van der Waals surface area contributed by atoms with Crippen LogP contribution in [0.4, 0.5) is 4.79 Å². The molecule has 11 heteroatoms. The monoisotopic (exact) mass is 578 g/mol. The smallest absolute Gasteiger partial charge is 0.315 e. The number of aromatic nitrogens is 1. The molecule has 2 saturated heterocycles. The van der Waals surface area contributed by atoms with Crippen molar-refractivity contribution in [2.45, 2.75) is 55.5 Å². The van der Waals surface area contributed by atoms with Gasteiger partial charge in [-0.05, 0) is 60.7 Å². The highest BCUT2D eigenvalue weighted by Gasteiger charge is 2.42. The van der Waals surface area contributed by atoms with Gasteiger partial charge in [0.1, 0.15) is 24.7 Å². The van der Waals surface area contributed by atoms with Crippen LogP contribution in [-0.4, -0.2) is 76.2 Å². The molecule has 41 heavy (non-hydrogen) atoms. The van der Waals surface area contributed by atoms with Gasteiger partial charge in [0.05, 0.1) is 18.1 Å². The summed E-state index contributed by atoms with van der Waals surface area (Å²) in [5.41, 5.74) is 3.96. The second-order valence-electron chi connectivity index (χ2n) is 10.7. The van der Waals surface area contributed by atoms with Crippen molar-refractivity contribution >= 4 is 41.1 Å². The minimum atomic E-state index is -0.261. The summed E-state index contributed by atoms with van der Waals surface area (Å²) in [5.74, 6) is 1.58. The Balaban J connectivity index is 0.953. The molecule has 3 aliphatic rings. The van der Waals surface area contributed by atoms with Crippen molar-refractivity contribution in [3.8, 4) is 11.5 Å². The number of rotatable bonds is 11. The molecular formula is C30H34N4O6S. The largest absolute Gasteiger partial charge is 0.508 e. The van der Waals surface area contributed by atoms with E-state index >= 15 is 0 Å². The number of phenolic OH excluding ortho intramolecular Hbond substituents is 1. The molecule has 3 aliphatic heterocycles. The number of H-pyrrole nitrogens is 1. The van der Waals surface area contributed by atoms with Gasteiger partial charge in [0.2, 0.25) is 6.41 Å². The van der Waals surface area contributed by atoms with Gasteiger partial charge in [-0.1, -0.05) is 18.6 Å². The lowest BCUT2D eigenvalue weighted by atomic mass is 9.93. The normalized spacial score (nSPS) is 23.0. The Hall–Kier alpha value is -3.86. The van der Waals surface area contributed by atoms with E-state index < -0.39 is 0 Å². The molecule has 4 unspecified atom stereocenters. The molecule has 6 rings (SSSR count). The van der Waals surface area contributed by atoms with Gasteiger partial charge in [0.15, 0.2) is 0 Å². The number of hydrogen-bond donors (Lipinski definition) is 4. The van der Waals surface area contributed by atoms with E-state index in [0.29, 0.717) is 30.4 Å². The number of thioether (sulfide) groups is 1. The number of aromatic amines is 1. The van der Waals surface area contributed by atoms with E-state index in [-0.39, 0.29) is 49.1 Å². The number of nitrogens with one attached hydrogen (secondary N) is 3. The van der Waals surface area contributed by atoms with Crippen LogP contribution in [0.3, 0.4) is 0 Å². The van der Waals surface area contributed by atoms with E-state index in [1.165, 1.54) is 0 Å². The van der Waals surface area contributed by atoms with Crippen molar-refractivity contribution in [2.75, 3.05) is 25.5 Å². The zero-order chi connectivity index (χ0) is 28.3. The van der Waals surface area contributed by atoms with Crippen LogP contribution in [0.5, 0.6) is 11.5 Å². The molecule has 4 heterocycles. The molecule has 0 saturated carbocycles. The van der Waals surface area contributed by atoms with Gasteiger partial charge in [-0.15, -0.1) is 0 Å². The molecule has 216 valence electrons. The van der Waals surface area contributed by atoms with Crippen LogP contribution in [0, 0.1) is 0 Å². The molecule has 2 fully saturated rings. The summed E-state index contributed by atoms with van der Waals surface area (Å²) in [5, 5.41) is 17.3. The molecule has 3 aromatic rings. The third kappa shape index (κ3) is 5.81. The van der Waals surface area contributed by atoms with Gasteiger partial charge >= 0.3 is 12.0 Å². The number of aromatic hydroxyl groups is 1. The lowest BCUT2D eigenvalue weighted by Gasteiger charge is -2.33. The highest BCUT2D eigenvalue weighted by atomic mass is 32.2. The summed E-state index contributed by atoms with van der Waals surface area (Å²) in [7, 11) is 0. The summed E-state index contributed by atoms with van der Waals surface area (Å²) in [6.45, 7) is 1.01. The minimum Gasteiger partial charge on any atom is -0.508 e. The summed E-state index contributed by atoms with van der Waals surface area (Å²) in [6, 6.07) is 13.0. The van der Waals surface area contributed by atoms with Crippen LogP contribution in [0.25, 0.3) is 10.9 Å². The Labute approximate surface area is 242 Å². The number of urea groups is 1. The van der Waals surface area contributed by atoms with Crippen molar-refractivity contribution in [2.24, 2.45) is 0 Å². The van der Waals surface area contributed by atoms with Gasteiger partial charge in [-0.25, -0.2) is 4.79 Å². The number of unbranched alkanes of at least 4 members (excludes halogenated alkanes) is 1. The van der Waals surface area contributed by atoms with Gasteiger partial charge in [0, 0.05) is 40.6 Å². The summed E-state index contributed by atoms with van der Waals surface area (Å²) in [4.78, 5) is 40.8. The molecule has 2 aromatic carbocycles. The number of carbonyl (C=O) groups excluding carboxylic acids is 3. The van der Waals surface area contributed by atoms with Crippen LogP contribution in [0.15, 0.2) is 42.5 Å². The van der Waals surface area contributed by atoms with Gasteiger partial charge in [-0.2, -0.15) is 11.8 Å². The fraction of sp³-hybridized carbons (Fsp3) is 0.433. The first-order chi connectivity index (χ1) is 20.0. The quantitative estimate of drug-likeness (QED) is 0.118. The fourth-order valence-corrected chi connectivity index (χ4v) is 7.70. The molecule has 0 bridgehead atoms. The third-order valence-electron chi connectivity index (χ3n) is 8.15. The molecule has 0 spiro atoms. The Morgan fingerprint density at radius 3 is 2.80 bits per heavy atom. The average molecular weight is 579 g/mol. The fourth-order valence-electron chi connectivity index (χ4n) is 6.16. The molecule has 4 N–H and O–H groups in total. The lowest BCUT2D eigenvalue weighted by Crippen LogP contribution is -2.36. The summed E-state index contributed by atoms with van der Waals surface area (Å²) in [6.07, 6.45) is 4.61. The maximum Gasteiger partial charge on any atom is 0.315 e. The Bertz CT molecular complexity index is 1430. The number of benzene rings is 2. The number of nitrogens with zero attached hydrogens (tertiary/aromatic N) is 1. The van der Waals surface area contributed by atoms with Crippen LogP contribution in [0.2, 0.25) is 0 Å². The maximum atomic E-state index is 12.1. The predicted molar refractivity (Wildman–Crippen MR) is 155 cm³/mol. The first-order valence-corrected chi connectivity index (χ1v) is 15.2. The van der Waals surface area contributed by atoms with E-state index in [2.05, 4.69) is 15.6 Å². The zero-order valence-corrected chi connectivity index (χ0v) is 23.5. The Kier molecular flexibility index (Phi) is 7.95. The number of amides is 3. The van der Waals surface area contributed by atoms with E-state index in [4.69, 9.17) is 9.47 Å². The highest BCUT2D eigenvalue weighted by molar-refractivity contribution is 8.00. The summed E-state index contributed by atoms with van der Waals surface area (Å²) >= 11 is 1.88. The van der Waals surface area contributed by atoms with Gasteiger partial charge in [0.25, 0.3) is 0 Å². The number of fused-ring (bicyclic) bond motifs is 4. The number of esters is 1. The van der Waals surface area contributed by atoms with Crippen molar-refractivity contribution in [1.82, 2.24) is 20.5 Å². The lowest BCUT2D eigenvalue weighted by molar-refractivity contribution is -0.144. The number of phenols is 1. The Morgan fingerprint density at radius 2 is 1.98 bits per heavy atom. The number of hydrogen-bond acceptors (Lipinski definition) is 7. The van der Waals surface area contributed by atoms with Crippen molar-refractivity contribution in [1.29, 1.82) is 0 Å². The van der Waals surface area contributed by atoms with Crippen molar-refractivity contribution in [3.63, 3.8) is 0 Å². The molecule has 1 aromatic heterocycles. The first kappa shape index (κ1) is 27.3. The zero-order valence-electron chi connectivity index (χ0n) is 22.6. The van der Waals surface area contributed by atoms with Gasteiger partial charge in [-0.3, -0.25) is 9.59 Å². The van der Waals surface area contributed by atoms with Crippen molar-refractivity contribution in [3.05, 3.63) is 59.3 Å². The van der Waals surface area contributed by atoms with Crippen LogP contribution in [-0.2, 0) is 20.7 Å². The topological polar surface area (TPSA) is 133 Å².